The van der Waals surface area contributed by atoms with Gasteiger partial charge in [-0.1, -0.05) is 12.1 Å². The fourth-order valence-corrected chi connectivity index (χ4v) is 3.28. The average molecular weight is 322 g/mol. The fraction of sp³-hybridized carbons (Fsp3) is 0.333. The van der Waals surface area contributed by atoms with E-state index in [9.17, 15) is 13.2 Å². The van der Waals surface area contributed by atoms with Gasteiger partial charge in [0.2, 0.25) is 0 Å². The summed E-state index contributed by atoms with van der Waals surface area (Å²) in [4.78, 5) is 16.0. The van der Waals surface area contributed by atoms with Gasteiger partial charge < -0.3 is 4.74 Å². The minimum absolute atomic E-state index is 0.0259. The van der Waals surface area contributed by atoms with Gasteiger partial charge in [0, 0.05) is 18.2 Å². The molecule has 0 fully saturated rings. The Hall–Kier alpha value is -1.99. The van der Waals surface area contributed by atoms with E-state index >= 15 is 0 Å². The third-order valence-electron chi connectivity index (χ3n) is 3.12. The largest absolute Gasteiger partial charge is 0.369 e. The van der Waals surface area contributed by atoms with E-state index in [-0.39, 0.29) is 4.90 Å². The summed E-state index contributed by atoms with van der Waals surface area (Å²) >= 11 is 0. The van der Waals surface area contributed by atoms with Crippen LogP contribution in [0.5, 0.6) is 0 Å². The van der Waals surface area contributed by atoms with Crippen molar-refractivity contribution in [3.8, 4) is 0 Å². The SMILES string of the molecule is CCO[C@H](C)C(=O)NS(=O)(=O)c1cccc2cc(C)cnc12. The molecule has 1 atom stereocenters. The summed E-state index contributed by atoms with van der Waals surface area (Å²) < 4.78 is 32.0. The Kier molecular flexibility index (Phi) is 4.77. The van der Waals surface area contributed by atoms with Crippen LogP contribution in [0.3, 0.4) is 0 Å². The third-order valence-corrected chi connectivity index (χ3v) is 4.50. The van der Waals surface area contributed by atoms with Gasteiger partial charge in [-0.05, 0) is 38.5 Å². The van der Waals surface area contributed by atoms with Gasteiger partial charge in [-0.15, -0.1) is 0 Å². The number of nitrogens with zero attached hydrogens (tertiary/aromatic N) is 1. The zero-order valence-electron chi connectivity index (χ0n) is 12.7. The van der Waals surface area contributed by atoms with Crippen molar-refractivity contribution in [3.63, 3.8) is 0 Å². The molecule has 22 heavy (non-hydrogen) atoms. The molecule has 0 aliphatic heterocycles. The Morgan fingerprint density at radius 1 is 1.41 bits per heavy atom. The molecule has 2 rings (SSSR count). The van der Waals surface area contributed by atoms with E-state index in [0.29, 0.717) is 17.5 Å². The zero-order chi connectivity index (χ0) is 16.3. The standard InChI is InChI=1S/C15H18N2O4S/c1-4-21-11(3)15(18)17-22(19,20)13-7-5-6-12-8-10(2)9-16-14(12)13/h5-9,11H,4H2,1-3H3,(H,17,18)/t11-/m1/s1. The van der Waals surface area contributed by atoms with Gasteiger partial charge in [-0.3, -0.25) is 9.78 Å². The van der Waals surface area contributed by atoms with E-state index in [2.05, 4.69) is 4.98 Å². The van der Waals surface area contributed by atoms with Crippen LogP contribution in [0.15, 0.2) is 35.4 Å². The minimum Gasteiger partial charge on any atom is -0.369 e. The minimum atomic E-state index is -4.00. The highest BCUT2D eigenvalue weighted by Crippen LogP contribution is 2.21. The summed E-state index contributed by atoms with van der Waals surface area (Å²) in [6.07, 6.45) is 0.747. The number of para-hydroxylation sites is 1. The number of pyridine rings is 1. The number of fused-ring (bicyclic) bond motifs is 1. The lowest BCUT2D eigenvalue weighted by molar-refractivity contribution is -0.129. The lowest BCUT2D eigenvalue weighted by Crippen LogP contribution is -2.38. The summed E-state index contributed by atoms with van der Waals surface area (Å²) in [6.45, 7) is 5.43. The van der Waals surface area contributed by atoms with E-state index in [0.717, 1.165) is 5.56 Å². The van der Waals surface area contributed by atoms with Gasteiger partial charge in [-0.2, -0.15) is 0 Å². The average Bonchev–Trinajstić information content (AvgIpc) is 2.46. The molecule has 0 spiro atoms. The smallest absolute Gasteiger partial charge is 0.266 e. The lowest BCUT2D eigenvalue weighted by atomic mass is 10.2. The molecule has 2 aromatic rings. The van der Waals surface area contributed by atoms with Crippen LogP contribution >= 0.6 is 0 Å². The van der Waals surface area contributed by atoms with Crippen molar-refractivity contribution < 1.29 is 17.9 Å². The first-order valence-electron chi connectivity index (χ1n) is 6.89. The summed E-state index contributed by atoms with van der Waals surface area (Å²) in [5.41, 5.74) is 1.26. The number of hydrogen-bond acceptors (Lipinski definition) is 5. The van der Waals surface area contributed by atoms with Crippen LogP contribution in [-0.2, 0) is 19.6 Å². The van der Waals surface area contributed by atoms with Gasteiger partial charge >= 0.3 is 0 Å². The maximum absolute atomic E-state index is 12.4. The molecular weight excluding hydrogens is 304 g/mol. The summed E-state index contributed by atoms with van der Waals surface area (Å²) in [6, 6.07) is 6.66. The van der Waals surface area contributed by atoms with Crippen molar-refractivity contribution >= 4 is 26.8 Å². The molecule has 118 valence electrons. The van der Waals surface area contributed by atoms with Crippen molar-refractivity contribution in [2.24, 2.45) is 0 Å². The Balaban J connectivity index is 2.40. The summed E-state index contributed by atoms with van der Waals surface area (Å²) in [5.74, 6) is -0.703. The normalized spacial score (nSPS) is 13.0. The number of carbonyl (C=O) groups is 1. The molecule has 1 amide bonds. The molecule has 6 nitrogen and oxygen atoms in total. The number of sulfonamides is 1. The Bertz CT molecular complexity index is 802. The maximum Gasteiger partial charge on any atom is 0.266 e. The van der Waals surface area contributed by atoms with E-state index < -0.39 is 22.0 Å². The van der Waals surface area contributed by atoms with Crippen LogP contribution in [0, 0.1) is 6.92 Å². The predicted octanol–water partition coefficient (Wildman–Crippen LogP) is 1.77. The highest BCUT2D eigenvalue weighted by Gasteiger charge is 2.24. The number of nitrogens with one attached hydrogen (secondary N) is 1. The van der Waals surface area contributed by atoms with Crippen molar-refractivity contribution in [3.05, 3.63) is 36.0 Å². The number of ether oxygens (including phenoxy) is 1. The van der Waals surface area contributed by atoms with Crippen LogP contribution in [-0.4, -0.2) is 32.0 Å². The van der Waals surface area contributed by atoms with Crippen LogP contribution < -0.4 is 4.72 Å². The van der Waals surface area contributed by atoms with Crippen molar-refractivity contribution in [1.82, 2.24) is 9.71 Å². The molecule has 0 radical (unpaired) electrons. The number of hydrogen-bond donors (Lipinski definition) is 1. The van der Waals surface area contributed by atoms with Gasteiger partial charge in [0.1, 0.15) is 11.0 Å². The summed E-state index contributed by atoms with van der Waals surface area (Å²) in [7, 11) is -4.00. The highest BCUT2D eigenvalue weighted by atomic mass is 32.2. The van der Waals surface area contributed by atoms with Crippen molar-refractivity contribution in [2.75, 3.05) is 6.61 Å². The second-order valence-corrected chi connectivity index (χ2v) is 6.56. The van der Waals surface area contributed by atoms with Crippen molar-refractivity contribution in [1.29, 1.82) is 0 Å². The Morgan fingerprint density at radius 2 is 2.14 bits per heavy atom. The first-order chi connectivity index (χ1) is 10.3. The predicted molar refractivity (Wildman–Crippen MR) is 82.9 cm³/mol. The number of aromatic nitrogens is 1. The molecule has 0 aliphatic carbocycles. The van der Waals surface area contributed by atoms with Crippen LogP contribution in [0.2, 0.25) is 0 Å². The maximum atomic E-state index is 12.4. The second kappa shape index (κ2) is 6.41. The first kappa shape index (κ1) is 16.4. The van der Waals surface area contributed by atoms with Gasteiger partial charge in [-0.25, -0.2) is 13.1 Å². The topological polar surface area (TPSA) is 85.4 Å². The third kappa shape index (κ3) is 3.42. The lowest BCUT2D eigenvalue weighted by Gasteiger charge is -2.13. The fourth-order valence-electron chi connectivity index (χ4n) is 2.06. The molecule has 0 bridgehead atoms. The number of benzene rings is 1. The second-order valence-electron chi connectivity index (χ2n) is 4.91. The molecule has 0 aliphatic rings. The van der Waals surface area contributed by atoms with Crippen LogP contribution in [0.25, 0.3) is 10.9 Å². The van der Waals surface area contributed by atoms with Gasteiger partial charge in [0.15, 0.2) is 0 Å². The Morgan fingerprint density at radius 3 is 2.82 bits per heavy atom. The zero-order valence-corrected chi connectivity index (χ0v) is 13.5. The summed E-state index contributed by atoms with van der Waals surface area (Å²) in [5, 5.41) is 0.702. The molecule has 0 saturated heterocycles. The molecule has 0 saturated carbocycles. The molecule has 1 aromatic carbocycles. The monoisotopic (exact) mass is 322 g/mol. The van der Waals surface area contributed by atoms with Crippen LogP contribution in [0.1, 0.15) is 19.4 Å². The molecule has 0 unspecified atom stereocenters. The quantitative estimate of drug-likeness (QED) is 0.907. The van der Waals surface area contributed by atoms with Gasteiger partial charge in [0.25, 0.3) is 15.9 Å². The van der Waals surface area contributed by atoms with E-state index in [4.69, 9.17) is 4.74 Å². The molecule has 1 N–H and O–H groups in total. The van der Waals surface area contributed by atoms with Crippen molar-refractivity contribution in [2.45, 2.75) is 31.8 Å². The van der Waals surface area contributed by atoms with Crippen LogP contribution in [0.4, 0.5) is 0 Å². The highest BCUT2D eigenvalue weighted by molar-refractivity contribution is 7.90. The Labute approximate surface area is 129 Å². The molecule has 1 aromatic heterocycles. The van der Waals surface area contributed by atoms with Gasteiger partial charge in [0.05, 0.1) is 5.52 Å². The van der Waals surface area contributed by atoms with E-state index in [1.807, 2.05) is 17.7 Å². The van der Waals surface area contributed by atoms with E-state index in [1.54, 1.807) is 25.3 Å². The number of aryl methyl sites for hydroxylation is 1. The van der Waals surface area contributed by atoms with E-state index in [1.165, 1.54) is 13.0 Å². The number of rotatable bonds is 5. The molecule has 7 heteroatoms. The number of amides is 1. The molecule has 1 heterocycles. The first-order valence-corrected chi connectivity index (χ1v) is 8.37. The number of carbonyl (C=O) groups excluding carboxylic acids is 1. The molecular formula is C15H18N2O4S.